The third kappa shape index (κ3) is 4.13. The second-order valence-corrected chi connectivity index (χ2v) is 6.60. The lowest BCUT2D eigenvalue weighted by atomic mass is 9.89. The smallest absolute Gasteiger partial charge is 0.0661 e. The van der Waals surface area contributed by atoms with Crippen molar-refractivity contribution >= 4 is 17.3 Å². The first-order valence-corrected chi connectivity index (χ1v) is 8.20. The van der Waals surface area contributed by atoms with E-state index in [1.807, 2.05) is 24.3 Å². The maximum atomic E-state index is 9.92. The van der Waals surface area contributed by atoms with Crippen molar-refractivity contribution in [2.75, 3.05) is 11.9 Å². The SMILES string of the molecule is CCCC1CCCC(CO)(Nc2cccc(Cl)c2)CC1. The lowest BCUT2D eigenvalue weighted by Gasteiger charge is -2.33. The summed E-state index contributed by atoms with van der Waals surface area (Å²) in [5.41, 5.74) is 0.841. The van der Waals surface area contributed by atoms with Gasteiger partial charge < -0.3 is 10.4 Å². The molecule has 1 aromatic rings. The second kappa shape index (κ2) is 7.33. The molecule has 0 spiro atoms. The number of rotatable bonds is 5. The molecule has 2 unspecified atom stereocenters. The second-order valence-electron chi connectivity index (χ2n) is 6.16. The molecule has 1 fully saturated rings. The highest BCUT2D eigenvalue weighted by Gasteiger charge is 2.32. The van der Waals surface area contributed by atoms with Gasteiger partial charge in [-0.25, -0.2) is 0 Å². The summed E-state index contributed by atoms with van der Waals surface area (Å²) in [7, 11) is 0. The van der Waals surface area contributed by atoms with Gasteiger partial charge in [-0.1, -0.05) is 50.3 Å². The van der Waals surface area contributed by atoms with E-state index in [0.29, 0.717) is 0 Å². The lowest BCUT2D eigenvalue weighted by Crippen LogP contribution is -2.41. The Bertz CT molecular complexity index is 423. The number of hydrogen-bond acceptors (Lipinski definition) is 2. The number of hydrogen-bond donors (Lipinski definition) is 2. The van der Waals surface area contributed by atoms with E-state index >= 15 is 0 Å². The molecule has 3 heteroatoms. The van der Waals surface area contributed by atoms with E-state index in [1.54, 1.807) is 0 Å². The molecule has 0 radical (unpaired) electrons. The van der Waals surface area contributed by atoms with Crippen LogP contribution >= 0.6 is 11.6 Å². The topological polar surface area (TPSA) is 32.3 Å². The molecular formula is C17H26ClNO. The molecule has 2 atom stereocenters. The molecule has 1 saturated carbocycles. The third-order valence-corrected chi connectivity index (χ3v) is 4.77. The van der Waals surface area contributed by atoms with Crippen LogP contribution in [0.1, 0.15) is 51.9 Å². The van der Waals surface area contributed by atoms with Crippen LogP contribution in [0.25, 0.3) is 0 Å². The van der Waals surface area contributed by atoms with Crippen LogP contribution in [0.4, 0.5) is 5.69 Å². The Morgan fingerprint density at radius 3 is 2.90 bits per heavy atom. The summed E-state index contributed by atoms with van der Waals surface area (Å²) in [5, 5.41) is 14.2. The summed E-state index contributed by atoms with van der Waals surface area (Å²) < 4.78 is 0. The lowest BCUT2D eigenvalue weighted by molar-refractivity contribution is 0.194. The van der Waals surface area contributed by atoms with Crippen LogP contribution in [-0.4, -0.2) is 17.3 Å². The molecule has 2 nitrogen and oxygen atoms in total. The average molecular weight is 296 g/mol. The van der Waals surface area contributed by atoms with Gasteiger partial charge in [0.15, 0.2) is 0 Å². The van der Waals surface area contributed by atoms with E-state index in [1.165, 1.54) is 32.1 Å². The van der Waals surface area contributed by atoms with Gasteiger partial charge in [-0.05, 0) is 43.4 Å². The highest BCUT2D eigenvalue weighted by molar-refractivity contribution is 6.30. The molecule has 0 aliphatic heterocycles. The number of anilines is 1. The van der Waals surface area contributed by atoms with Crippen molar-refractivity contribution in [2.24, 2.45) is 5.92 Å². The number of aliphatic hydroxyl groups excluding tert-OH is 1. The van der Waals surface area contributed by atoms with Crippen LogP contribution in [0.5, 0.6) is 0 Å². The molecule has 112 valence electrons. The molecule has 2 N–H and O–H groups in total. The molecular weight excluding hydrogens is 270 g/mol. The monoisotopic (exact) mass is 295 g/mol. The van der Waals surface area contributed by atoms with Gasteiger partial charge in [-0.15, -0.1) is 0 Å². The van der Waals surface area contributed by atoms with E-state index in [2.05, 4.69) is 12.2 Å². The summed E-state index contributed by atoms with van der Waals surface area (Å²) in [6, 6.07) is 7.79. The Morgan fingerprint density at radius 1 is 1.35 bits per heavy atom. The maximum absolute atomic E-state index is 9.92. The number of halogens is 1. The van der Waals surface area contributed by atoms with E-state index in [4.69, 9.17) is 11.6 Å². The highest BCUT2D eigenvalue weighted by atomic mass is 35.5. The van der Waals surface area contributed by atoms with Crippen LogP contribution in [0.15, 0.2) is 24.3 Å². The molecule has 0 heterocycles. The van der Waals surface area contributed by atoms with Gasteiger partial charge in [0.1, 0.15) is 0 Å². The first-order valence-electron chi connectivity index (χ1n) is 7.82. The summed E-state index contributed by atoms with van der Waals surface area (Å²) in [6.45, 7) is 2.45. The quantitative estimate of drug-likeness (QED) is 0.760. The Labute approximate surface area is 127 Å². The summed E-state index contributed by atoms with van der Waals surface area (Å²) >= 11 is 6.05. The Balaban J connectivity index is 2.05. The summed E-state index contributed by atoms with van der Waals surface area (Å²) in [6.07, 6.45) is 8.36. The number of nitrogens with one attached hydrogen (secondary N) is 1. The largest absolute Gasteiger partial charge is 0.394 e. The first kappa shape index (κ1) is 15.7. The predicted molar refractivity (Wildman–Crippen MR) is 86.4 cm³/mol. The zero-order valence-corrected chi connectivity index (χ0v) is 13.1. The minimum absolute atomic E-state index is 0.173. The Kier molecular flexibility index (Phi) is 5.74. The van der Waals surface area contributed by atoms with Crippen molar-refractivity contribution in [3.8, 4) is 0 Å². The molecule has 0 amide bonds. The van der Waals surface area contributed by atoms with Crippen molar-refractivity contribution < 1.29 is 5.11 Å². The highest BCUT2D eigenvalue weighted by Crippen LogP contribution is 2.35. The van der Waals surface area contributed by atoms with Crippen LogP contribution in [0.3, 0.4) is 0 Å². The maximum Gasteiger partial charge on any atom is 0.0661 e. The fraction of sp³-hybridized carbons (Fsp3) is 0.647. The minimum Gasteiger partial charge on any atom is -0.394 e. The predicted octanol–water partition coefficient (Wildman–Crippen LogP) is 4.86. The fourth-order valence-electron chi connectivity index (χ4n) is 3.37. The van der Waals surface area contributed by atoms with Gasteiger partial charge in [0.25, 0.3) is 0 Å². The fourth-order valence-corrected chi connectivity index (χ4v) is 3.56. The number of aliphatic hydroxyl groups is 1. The minimum atomic E-state index is -0.173. The zero-order valence-electron chi connectivity index (χ0n) is 12.4. The third-order valence-electron chi connectivity index (χ3n) is 4.53. The van der Waals surface area contributed by atoms with Gasteiger partial charge in [-0.2, -0.15) is 0 Å². The van der Waals surface area contributed by atoms with E-state index in [0.717, 1.165) is 29.5 Å². The Hall–Kier alpha value is -0.730. The van der Waals surface area contributed by atoms with Crippen LogP contribution in [0, 0.1) is 5.92 Å². The summed E-state index contributed by atoms with van der Waals surface area (Å²) in [5.74, 6) is 0.828. The number of benzene rings is 1. The summed E-state index contributed by atoms with van der Waals surface area (Å²) in [4.78, 5) is 0. The van der Waals surface area contributed by atoms with Crippen LogP contribution < -0.4 is 5.32 Å². The standard InChI is InChI=1S/C17H26ClNO/c1-2-5-14-6-4-10-17(13-20,11-9-14)19-16-8-3-7-15(18)12-16/h3,7-8,12,14,19-20H,2,4-6,9-11,13H2,1H3. The first-order chi connectivity index (χ1) is 9.67. The molecule has 1 aliphatic carbocycles. The van der Waals surface area contributed by atoms with Gasteiger partial charge in [0, 0.05) is 10.7 Å². The van der Waals surface area contributed by atoms with Gasteiger partial charge in [0.05, 0.1) is 12.1 Å². The molecule has 0 aromatic heterocycles. The van der Waals surface area contributed by atoms with E-state index in [9.17, 15) is 5.11 Å². The zero-order chi connectivity index (χ0) is 14.4. The van der Waals surface area contributed by atoms with Crippen LogP contribution in [-0.2, 0) is 0 Å². The van der Waals surface area contributed by atoms with Crippen molar-refractivity contribution in [3.63, 3.8) is 0 Å². The molecule has 1 aromatic carbocycles. The molecule has 1 aliphatic rings. The Morgan fingerprint density at radius 2 is 2.20 bits per heavy atom. The molecule has 20 heavy (non-hydrogen) atoms. The van der Waals surface area contributed by atoms with Gasteiger partial charge in [0.2, 0.25) is 0 Å². The van der Waals surface area contributed by atoms with Crippen molar-refractivity contribution in [3.05, 3.63) is 29.3 Å². The van der Waals surface area contributed by atoms with Gasteiger partial charge >= 0.3 is 0 Å². The normalized spacial score (nSPS) is 27.1. The average Bonchev–Trinajstić information content (AvgIpc) is 2.63. The van der Waals surface area contributed by atoms with E-state index < -0.39 is 0 Å². The van der Waals surface area contributed by atoms with E-state index in [-0.39, 0.29) is 12.1 Å². The van der Waals surface area contributed by atoms with Crippen LogP contribution in [0.2, 0.25) is 5.02 Å². The molecule has 2 rings (SSSR count). The van der Waals surface area contributed by atoms with Crippen molar-refractivity contribution in [1.29, 1.82) is 0 Å². The molecule has 0 bridgehead atoms. The van der Waals surface area contributed by atoms with Crippen molar-refractivity contribution in [1.82, 2.24) is 0 Å². The van der Waals surface area contributed by atoms with Gasteiger partial charge in [-0.3, -0.25) is 0 Å². The molecule has 0 saturated heterocycles. The van der Waals surface area contributed by atoms with Crippen molar-refractivity contribution in [2.45, 2.75) is 57.4 Å².